The fourth-order valence-electron chi connectivity index (χ4n) is 1.83. The van der Waals surface area contributed by atoms with E-state index < -0.39 is 16.0 Å². The zero-order valence-corrected chi connectivity index (χ0v) is 14.5. The van der Waals surface area contributed by atoms with E-state index in [1.165, 1.54) is 26.2 Å². The Morgan fingerprint density at radius 2 is 1.75 bits per heavy atom. The lowest BCUT2D eigenvalue weighted by molar-refractivity contribution is 0.0413. The number of rotatable bonds is 7. The Bertz CT molecular complexity index is 792. The third-order valence-corrected chi connectivity index (χ3v) is 4.96. The number of aryl methyl sites for hydroxylation is 1. The normalized spacial score (nSPS) is 11.5. The van der Waals surface area contributed by atoms with Gasteiger partial charge in [-0.2, -0.15) is 0 Å². The van der Waals surface area contributed by atoms with Crippen LogP contribution in [0.1, 0.15) is 16.3 Å². The summed E-state index contributed by atoms with van der Waals surface area (Å²) in [5.74, 6) is 0.702. The molecular weight excluding hydrogens is 334 g/mol. The van der Waals surface area contributed by atoms with E-state index in [1.807, 2.05) is 0 Å². The van der Waals surface area contributed by atoms with Gasteiger partial charge >= 0.3 is 5.97 Å². The number of hydrogen-bond donors (Lipinski definition) is 0. The summed E-state index contributed by atoms with van der Waals surface area (Å²) in [4.78, 5) is 11.8. The molecule has 1 aromatic heterocycles. The van der Waals surface area contributed by atoms with Crippen LogP contribution in [-0.4, -0.2) is 46.0 Å². The van der Waals surface area contributed by atoms with Crippen LogP contribution in [0.25, 0.3) is 0 Å². The van der Waals surface area contributed by atoms with Gasteiger partial charge in [-0.1, -0.05) is 0 Å². The van der Waals surface area contributed by atoms with Gasteiger partial charge < -0.3 is 13.9 Å². The van der Waals surface area contributed by atoms with Gasteiger partial charge in [0.25, 0.3) is 0 Å². The zero-order valence-electron chi connectivity index (χ0n) is 13.7. The number of esters is 1. The average Bonchev–Trinajstić information content (AvgIpc) is 2.98. The third-order valence-electron chi connectivity index (χ3n) is 3.13. The lowest BCUT2D eigenvalue weighted by Gasteiger charge is -2.12. The first-order chi connectivity index (χ1) is 11.3. The van der Waals surface area contributed by atoms with Gasteiger partial charge in [0, 0.05) is 14.1 Å². The molecular formula is C16H19NO6S. The molecule has 0 spiro atoms. The Kier molecular flexibility index (Phi) is 5.63. The molecule has 0 amide bonds. The molecule has 0 unspecified atom stereocenters. The summed E-state index contributed by atoms with van der Waals surface area (Å²) in [7, 11) is -0.527. The van der Waals surface area contributed by atoms with Crippen molar-refractivity contribution in [1.29, 1.82) is 0 Å². The summed E-state index contributed by atoms with van der Waals surface area (Å²) >= 11 is 0. The molecule has 8 heteroatoms. The summed E-state index contributed by atoms with van der Waals surface area (Å²) in [5, 5.41) is 0. The predicted molar refractivity (Wildman–Crippen MR) is 86.5 cm³/mol. The number of hydrogen-bond acceptors (Lipinski definition) is 6. The van der Waals surface area contributed by atoms with Gasteiger partial charge in [-0.05, 0) is 43.3 Å². The Morgan fingerprint density at radius 1 is 1.08 bits per heavy atom. The van der Waals surface area contributed by atoms with Gasteiger partial charge in [-0.25, -0.2) is 17.5 Å². The SMILES string of the molecule is Cc1ccc(C(=O)OCCOc2ccc(S(=O)(=O)N(C)C)cc2)o1. The van der Waals surface area contributed by atoms with Crippen LogP contribution in [0.4, 0.5) is 0 Å². The molecule has 0 saturated heterocycles. The van der Waals surface area contributed by atoms with E-state index in [2.05, 4.69) is 0 Å². The number of carbonyl (C=O) groups is 1. The van der Waals surface area contributed by atoms with Crippen molar-refractivity contribution in [3.8, 4) is 5.75 Å². The molecule has 0 fully saturated rings. The van der Waals surface area contributed by atoms with Crippen LogP contribution in [0.15, 0.2) is 45.7 Å². The molecule has 1 aromatic carbocycles. The van der Waals surface area contributed by atoms with Crippen LogP contribution in [0, 0.1) is 6.92 Å². The number of ether oxygens (including phenoxy) is 2. The largest absolute Gasteiger partial charge is 0.490 e. The van der Waals surface area contributed by atoms with Crippen molar-refractivity contribution < 1.29 is 27.1 Å². The van der Waals surface area contributed by atoms with Crippen molar-refractivity contribution >= 4 is 16.0 Å². The van der Waals surface area contributed by atoms with E-state index in [4.69, 9.17) is 13.9 Å². The maximum absolute atomic E-state index is 11.9. The molecule has 0 saturated carbocycles. The Labute approximate surface area is 140 Å². The highest BCUT2D eigenvalue weighted by Gasteiger charge is 2.16. The quantitative estimate of drug-likeness (QED) is 0.559. The third kappa shape index (κ3) is 4.36. The molecule has 0 N–H and O–H groups in total. The lowest BCUT2D eigenvalue weighted by Crippen LogP contribution is -2.22. The fraction of sp³-hybridized carbons (Fsp3) is 0.312. The molecule has 0 aliphatic carbocycles. The highest BCUT2D eigenvalue weighted by atomic mass is 32.2. The summed E-state index contributed by atoms with van der Waals surface area (Å²) in [5.41, 5.74) is 0. The first-order valence-electron chi connectivity index (χ1n) is 7.19. The maximum Gasteiger partial charge on any atom is 0.374 e. The average molecular weight is 353 g/mol. The molecule has 0 aliphatic rings. The summed E-state index contributed by atoms with van der Waals surface area (Å²) in [6.07, 6.45) is 0. The summed E-state index contributed by atoms with van der Waals surface area (Å²) in [6.45, 7) is 1.93. The van der Waals surface area contributed by atoms with E-state index in [1.54, 1.807) is 31.2 Å². The summed E-state index contributed by atoms with van der Waals surface area (Å²) in [6, 6.07) is 9.24. The molecule has 0 atom stereocenters. The van der Waals surface area contributed by atoms with Gasteiger partial charge in [-0.3, -0.25) is 0 Å². The minimum Gasteiger partial charge on any atom is -0.490 e. The van der Waals surface area contributed by atoms with Crippen LogP contribution in [0.2, 0.25) is 0 Å². The maximum atomic E-state index is 11.9. The second-order valence-electron chi connectivity index (χ2n) is 5.15. The topological polar surface area (TPSA) is 86.0 Å². The monoisotopic (exact) mass is 353 g/mol. The standard InChI is InChI=1S/C16H19NO6S/c1-12-4-9-15(23-12)16(18)22-11-10-21-13-5-7-14(8-6-13)24(19,20)17(2)3/h4-9H,10-11H2,1-3H3. The minimum atomic E-state index is -3.46. The van der Waals surface area contributed by atoms with Crippen molar-refractivity contribution in [2.75, 3.05) is 27.3 Å². The van der Waals surface area contributed by atoms with Crippen LogP contribution < -0.4 is 4.74 Å². The van der Waals surface area contributed by atoms with Gasteiger partial charge in [-0.15, -0.1) is 0 Å². The van der Waals surface area contributed by atoms with E-state index in [-0.39, 0.29) is 23.9 Å². The second-order valence-corrected chi connectivity index (χ2v) is 7.31. The summed E-state index contributed by atoms with van der Waals surface area (Å²) < 4.78 is 40.6. The molecule has 7 nitrogen and oxygen atoms in total. The predicted octanol–water partition coefficient (Wildman–Crippen LogP) is 2.07. The fourth-order valence-corrected chi connectivity index (χ4v) is 2.73. The molecule has 130 valence electrons. The van der Waals surface area contributed by atoms with E-state index in [0.29, 0.717) is 11.5 Å². The molecule has 24 heavy (non-hydrogen) atoms. The molecule has 2 aromatic rings. The number of benzene rings is 1. The number of furan rings is 1. The van der Waals surface area contributed by atoms with Crippen molar-refractivity contribution in [1.82, 2.24) is 4.31 Å². The van der Waals surface area contributed by atoms with Crippen LogP contribution in [-0.2, 0) is 14.8 Å². The number of sulfonamides is 1. The van der Waals surface area contributed by atoms with Crippen LogP contribution >= 0.6 is 0 Å². The molecule has 0 bridgehead atoms. The smallest absolute Gasteiger partial charge is 0.374 e. The first kappa shape index (κ1) is 18.0. The van der Waals surface area contributed by atoms with Crippen molar-refractivity contribution in [2.24, 2.45) is 0 Å². The second kappa shape index (κ2) is 7.50. The molecule has 1 heterocycles. The molecule has 0 aliphatic heterocycles. The van der Waals surface area contributed by atoms with Gasteiger partial charge in [0.15, 0.2) is 0 Å². The molecule has 0 radical (unpaired) electrons. The Hall–Kier alpha value is -2.32. The highest BCUT2D eigenvalue weighted by Crippen LogP contribution is 2.18. The van der Waals surface area contributed by atoms with Crippen LogP contribution in [0.5, 0.6) is 5.75 Å². The first-order valence-corrected chi connectivity index (χ1v) is 8.63. The Morgan fingerprint density at radius 3 is 2.29 bits per heavy atom. The minimum absolute atomic E-state index is 0.0519. The van der Waals surface area contributed by atoms with E-state index in [0.717, 1.165) is 4.31 Å². The van der Waals surface area contributed by atoms with Gasteiger partial charge in [0.2, 0.25) is 15.8 Å². The number of carbonyl (C=O) groups excluding carboxylic acids is 1. The zero-order chi connectivity index (χ0) is 17.7. The van der Waals surface area contributed by atoms with Gasteiger partial charge in [0.05, 0.1) is 4.90 Å². The number of nitrogens with zero attached hydrogens (tertiary/aromatic N) is 1. The Balaban J connectivity index is 1.82. The van der Waals surface area contributed by atoms with Crippen LogP contribution in [0.3, 0.4) is 0 Å². The van der Waals surface area contributed by atoms with E-state index >= 15 is 0 Å². The van der Waals surface area contributed by atoms with Crippen molar-refractivity contribution in [3.63, 3.8) is 0 Å². The lowest BCUT2D eigenvalue weighted by atomic mass is 10.3. The molecule has 2 rings (SSSR count). The van der Waals surface area contributed by atoms with Crippen molar-refractivity contribution in [2.45, 2.75) is 11.8 Å². The van der Waals surface area contributed by atoms with E-state index in [9.17, 15) is 13.2 Å². The van der Waals surface area contributed by atoms with Crippen molar-refractivity contribution in [3.05, 3.63) is 47.9 Å². The highest BCUT2D eigenvalue weighted by molar-refractivity contribution is 7.89. The van der Waals surface area contributed by atoms with Gasteiger partial charge in [0.1, 0.15) is 24.7 Å².